The molecule has 25 N–H and O–H groups in total. The third-order valence-electron chi connectivity index (χ3n) is 15.6. The van der Waals surface area contributed by atoms with Gasteiger partial charge in [0.2, 0.25) is 53.2 Å². The number of primary amides is 2. The molecular weight excluding hydrogens is 1280 g/mol. The van der Waals surface area contributed by atoms with Crippen molar-refractivity contribution in [3.05, 3.63) is 0 Å². The molecule has 4 heterocycles. The lowest BCUT2D eigenvalue weighted by Crippen LogP contribution is -2.72. The maximum atomic E-state index is 14.2. The number of carboxylic acid groups (broad SMARTS) is 2. The molecule has 4 aliphatic heterocycles. The van der Waals surface area contributed by atoms with Gasteiger partial charge in [0.1, 0.15) is 116 Å². The topological polar surface area (TPSA) is 661 Å². The van der Waals surface area contributed by atoms with Gasteiger partial charge in [-0.2, -0.15) is 0 Å². The molecule has 4 saturated heterocycles. The number of hydrogen-bond acceptors (Lipinski definition) is 30. The molecule has 0 radical (unpaired) electrons. The molecule has 0 bridgehead atoms. The smallest absolute Gasteiger partial charge is 0.332 e. The van der Waals surface area contributed by atoms with Gasteiger partial charge in [-0.3, -0.25) is 43.2 Å². The van der Waals surface area contributed by atoms with Gasteiger partial charge in [0.15, 0.2) is 31.3 Å². The van der Waals surface area contributed by atoms with Gasteiger partial charge in [-0.1, -0.05) is 0 Å². The van der Waals surface area contributed by atoms with E-state index in [-0.39, 0.29) is 32.2 Å². The second-order valence-electron chi connectivity index (χ2n) is 23.0. The molecular formula is C54H91N11O30. The third-order valence-corrected chi connectivity index (χ3v) is 15.6. The summed E-state index contributed by atoms with van der Waals surface area (Å²) in [5, 5.41) is 123. The van der Waals surface area contributed by atoms with Gasteiger partial charge in [-0.05, 0) is 46.5 Å². The molecule has 0 aromatic carbocycles. The first-order valence-electron chi connectivity index (χ1n) is 30.2. The summed E-state index contributed by atoms with van der Waals surface area (Å²) in [5.41, 5.74) is 22.2. The zero-order valence-corrected chi connectivity index (χ0v) is 52.7. The molecule has 0 spiro atoms. The molecule has 0 saturated carbocycles. The van der Waals surface area contributed by atoms with E-state index in [0.717, 1.165) is 41.5 Å². The van der Waals surface area contributed by atoms with Crippen molar-refractivity contribution in [3.8, 4) is 0 Å². The van der Waals surface area contributed by atoms with Crippen molar-refractivity contribution in [1.82, 2.24) is 37.2 Å². The lowest BCUT2D eigenvalue weighted by atomic mass is 9.93. The predicted octanol–water partition coefficient (Wildman–Crippen LogP) is -12.1. The van der Waals surface area contributed by atoms with Crippen molar-refractivity contribution in [2.45, 2.75) is 239 Å². The summed E-state index contributed by atoms with van der Waals surface area (Å²) in [5.74, 6) is -11.2. The van der Waals surface area contributed by atoms with Crippen LogP contribution in [0, 0.1) is 0 Å². The molecule has 4 fully saturated rings. The number of nitrogens with one attached hydrogen (secondary N) is 7. The Balaban J connectivity index is 1.64. The maximum absolute atomic E-state index is 14.2. The van der Waals surface area contributed by atoms with Crippen LogP contribution < -0.4 is 60.2 Å². The van der Waals surface area contributed by atoms with Gasteiger partial charge in [0.25, 0.3) is 0 Å². The molecule has 26 atom stereocenters. The Hall–Kier alpha value is -6.59. The maximum Gasteiger partial charge on any atom is 0.332 e. The SMILES string of the molecule is CC(=O)NC1C(OC2C(CO)OC(OC3C(CO)OC(OC4C(CO)OC(O)C(N)C4OC(C)C(=O)O)C(NC(C)=O)C3O)C(NC(C)=O)C2OC(C)C(=O)NC(C)C(=O)NC(CCC(=O)NC(CCCCNC(=O)CC(N)C(N)=O)C(=O)O)C(N)=O)OC(CO)C(O)C1O. The van der Waals surface area contributed by atoms with Crippen LogP contribution in [0.4, 0.5) is 0 Å². The van der Waals surface area contributed by atoms with E-state index in [2.05, 4.69) is 37.2 Å². The number of aliphatic carboxylic acids is 2. The summed E-state index contributed by atoms with van der Waals surface area (Å²) in [7, 11) is 0. The number of rotatable bonds is 36. The summed E-state index contributed by atoms with van der Waals surface area (Å²) < 4.78 is 54.2. The average Bonchev–Trinajstić information content (AvgIpc) is 0.768. The number of carbonyl (C=O) groups excluding carboxylic acids is 9. The summed E-state index contributed by atoms with van der Waals surface area (Å²) in [6, 6.07) is -12.7. The Labute approximate surface area is 542 Å². The molecule has 95 heavy (non-hydrogen) atoms. The fraction of sp³-hybridized carbons (Fsp3) is 0.796. The fourth-order valence-corrected chi connectivity index (χ4v) is 10.5. The van der Waals surface area contributed by atoms with Crippen LogP contribution in [0.2, 0.25) is 0 Å². The van der Waals surface area contributed by atoms with Crippen LogP contribution in [0.3, 0.4) is 0 Å². The van der Waals surface area contributed by atoms with Gasteiger partial charge in [-0.15, -0.1) is 0 Å². The molecule has 0 aromatic heterocycles. The van der Waals surface area contributed by atoms with Crippen molar-refractivity contribution in [3.63, 3.8) is 0 Å². The van der Waals surface area contributed by atoms with Crippen molar-refractivity contribution in [2.24, 2.45) is 22.9 Å². The minimum atomic E-state index is -2.10. The number of hydrogen-bond donors (Lipinski definition) is 21. The summed E-state index contributed by atoms with van der Waals surface area (Å²) in [4.78, 5) is 139. The average molecular weight is 1370 g/mol. The highest BCUT2D eigenvalue weighted by Gasteiger charge is 2.57. The van der Waals surface area contributed by atoms with E-state index in [0.29, 0.717) is 0 Å². The first kappa shape index (κ1) is 80.8. The highest BCUT2D eigenvalue weighted by molar-refractivity contribution is 5.92. The molecule has 9 amide bonds. The number of ether oxygens (including phenoxy) is 9. The molecule has 0 aromatic rings. The highest BCUT2D eigenvalue weighted by atomic mass is 16.8. The lowest BCUT2D eigenvalue weighted by Gasteiger charge is -2.51. The monoisotopic (exact) mass is 1370 g/mol. The second-order valence-corrected chi connectivity index (χ2v) is 23.0. The minimum Gasteiger partial charge on any atom is -0.480 e. The number of aliphatic hydroxyl groups excluding tert-OH is 8. The van der Waals surface area contributed by atoms with E-state index in [1.165, 1.54) is 0 Å². The lowest BCUT2D eigenvalue weighted by molar-refractivity contribution is -0.365. The Morgan fingerprint density at radius 1 is 0.505 bits per heavy atom. The third kappa shape index (κ3) is 23.0. The van der Waals surface area contributed by atoms with E-state index in [4.69, 9.17) is 65.6 Å². The van der Waals surface area contributed by atoms with E-state index >= 15 is 0 Å². The molecule has 0 aliphatic carbocycles. The zero-order valence-electron chi connectivity index (χ0n) is 52.7. The van der Waals surface area contributed by atoms with Crippen LogP contribution in [0.15, 0.2) is 0 Å². The number of aliphatic hydroxyl groups is 8. The summed E-state index contributed by atoms with van der Waals surface area (Å²) >= 11 is 0. The molecule has 4 rings (SSSR count). The van der Waals surface area contributed by atoms with Crippen LogP contribution in [0.25, 0.3) is 0 Å². The van der Waals surface area contributed by atoms with Crippen molar-refractivity contribution >= 4 is 65.1 Å². The molecule has 41 nitrogen and oxygen atoms in total. The first-order chi connectivity index (χ1) is 44.6. The summed E-state index contributed by atoms with van der Waals surface area (Å²) in [6.07, 6.45) is -33.9. The van der Waals surface area contributed by atoms with E-state index in [1.54, 1.807) is 0 Å². The van der Waals surface area contributed by atoms with Crippen LogP contribution >= 0.6 is 0 Å². The largest absolute Gasteiger partial charge is 0.480 e. The van der Waals surface area contributed by atoms with Crippen molar-refractivity contribution in [2.75, 3.05) is 33.0 Å². The quantitative estimate of drug-likeness (QED) is 0.0259. The Kier molecular flexibility index (Phi) is 32.2. The van der Waals surface area contributed by atoms with Gasteiger partial charge in [-0.25, -0.2) is 9.59 Å². The van der Waals surface area contributed by atoms with Gasteiger partial charge in [0.05, 0.1) is 44.9 Å². The number of unbranched alkanes of at least 4 members (excludes halogenated alkanes) is 1. The van der Waals surface area contributed by atoms with Crippen LogP contribution in [-0.4, -0.2) is 308 Å². The molecule has 41 heteroatoms. The van der Waals surface area contributed by atoms with E-state index < -0.39 is 263 Å². The standard InChI is InChI=1S/C54H91N11O30/c1-18(47(80)65-25(46(58)79)10-11-31(73)64-26(50(84)85)9-7-8-12-59-32(74)13-24(55)45(57)78)60-48(81)19(2)87-44-36(63-23(6)72)54(92-30(17-69)42(44)95-52-34(61-21(4)70)38(76)37(75)27(14-66)90-52)93-40-28(15-67)91-53(35(39(40)77)62-22(5)71)94-41-29(16-68)89-51(86)33(56)43(41)88-20(3)49(82)83/h18-20,24-30,33-44,51-54,66-69,75-77,86H,7-17,55-56H2,1-6H3,(H2,57,78)(H2,58,79)(H,59,74)(H,60,81)(H,61,70)(H,62,71)(H,63,72)(H,64,73)(H,65,80)(H,82,83)(H,84,85). The highest BCUT2D eigenvalue weighted by Crippen LogP contribution is 2.36. The van der Waals surface area contributed by atoms with Gasteiger partial charge in [0, 0.05) is 33.7 Å². The van der Waals surface area contributed by atoms with Crippen LogP contribution in [0.5, 0.6) is 0 Å². The van der Waals surface area contributed by atoms with Crippen molar-refractivity contribution in [1.29, 1.82) is 0 Å². The first-order valence-corrected chi connectivity index (χ1v) is 30.2. The minimum absolute atomic E-state index is 0.0745. The molecule has 542 valence electrons. The predicted molar refractivity (Wildman–Crippen MR) is 311 cm³/mol. The Bertz CT molecular complexity index is 2620. The van der Waals surface area contributed by atoms with Gasteiger partial charge < -0.3 is 154 Å². The summed E-state index contributed by atoms with van der Waals surface area (Å²) in [6.45, 7) is 2.40. The van der Waals surface area contributed by atoms with Gasteiger partial charge >= 0.3 is 11.9 Å². The Morgan fingerprint density at radius 3 is 1.51 bits per heavy atom. The van der Waals surface area contributed by atoms with Crippen LogP contribution in [0.1, 0.15) is 80.1 Å². The molecule has 4 aliphatic rings. The normalized spacial score (nSPS) is 32.7. The van der Waals surface area contributed by atoms with E-state index in [1.807, 2.05) is 0 Å². The van der Waals surface area contributed by atoms with E-state index in [9.17, 15) is 104 Å². The Morgan fingerprint density at radius 2 is 0.989 bits per heavy atom. The number of carboxylic acids is 2. The van der Waals surface area contributed by atoms with Crippen LogP contribution in [-0.2, 0) is 95.4 Å². The number of amides is 9. The number of carbonyl (C=O) groups is 11. The van der Waals surface area contributed by atoms with Crippen molar-refractivity contribution < 1.29 is 146 Å². The molecule has 26 unspecified atom stereocenters. The number of nitrogens with two attached hydrogens (primary N) is 4. The fourth-order valence-electron chi connectivity index (χ4n) is 10.5. The zero-order chi connectivity index (χ0) is 71.5. The second kappa shape index (κ2) is 37.8.